The number of nitrogens with one attached hydrogen (secondary N) is 1. The number of amides is 1. The minimum absolute atomic E-state index is 0.0613. The lowest BCUT2D eigenvalue weighted by Crippen LogP contribution is -2.44. The van der Waals surface area contributed by atoms with E-state index in [9.17, 15) is 19.2 Å². The number of carbonyl (C=O) groups is 2. The predicted octanol–water partition coefficient (Wildman–Crippen LogP) is 2.63. The van der Waals surface area contributed by atoms with Gasteiger partial charge in [-0.25, -0.2) is 9.59 Å². The molecule has 2 heterocycles. The third-order valence-electron chi connectivity index (χ3n) is 4.63. The van der Waals surface area contributed by atoms with Crippen molar-refractivity contribution in [1.82, 2.24) is 19.6 Å². The largest absolute Gasteiger partial charge is 0.444 e. The number of ether oxygens (including phenoxy) is 1. The van der Waals surface area contributed by atoms with Gasteiger partial charge < -0.3 is 14.6 Å². The summed E-state index contributed by atoms with van der Waals surface area (Å²) in [7, 11) is 0. The second kappa shape index (κ2) is 9.27. The summed E-state index contributed by atoms with van der Waals surface area (Å²) in [6, 6.07) is 9.16. The number of hydrogen-bond donors (Lipinski definition) is 1. The van der Waals surface area contributed by atoms with Crippen LogP contribution in [0.15, 0.2) is 56.7 Å². The zero-order valence-electron chi connectivity index (χ0n) is 19.1. The van der Waals surface area contributed by atoms with Gasteiger partial charge in [0.15, 0.2) is 5.76 Å². The zero-order chi connectivity index (χ0) is 24.3. The Kier molecular flexibility index (Phi) is 6.66. The molecule has 10 heteroatoms. The molecule has 0 saturated heterocycles. The normalized spacial score (nSPS) is 12.3. The average molecular weight is 454 g/mol. The van der Waals surface area contributed by atoms with Gasteiger partial charge >= 0.3 is 11.8 Å². The van der Waals surface area contributed by atoms with Crippen molar-refractivity contribution in [3.05, 3.63) is 86.0 Å². The number of alkyl carbamates (subject to hydrolysis) is 1. The molecule has 1 aromatic carbocycles. The van der Waals surface area contributed by atoms with Gasteiger partial charge in [-0.1, -0.05) is 23.4 Å². The molecule has 2 aromatic heterocycles. The number of aryl methyl sites for hydroxylation is 1. The van der Waals surface area contributed by atoms with Crippen LogP contribution in [0.2, 0.25) is 0 Å². The van der Waals surface area contributed by atoms with E-state index in [1.807, 2.05) is 0 Å². The molecule has 0 radical (unpaired) electrons. The van der Waals surface area contributed by atoms with E-state index in [2.05, 4.69) is 10.5 Å². The lowest BCUT2D eigenvalue weighted by Gasteiger charge is -2.21. The highest BCUT2D eigenvalue weighted by Gasteiger charge is 2.21. The van der Waals surface area contributed by atoms with E-state index in [1.165, 1.54) is 29.8 Å². The molecule has 0 aliphatic heterocycles. The Hall–Kier alpha value is -3.95. The monoisotopic (exact) mass is 454 g/mol. The summed E-state index contributed by atoms with van der Waals surface area (Å²) >= 11 is 0. The van der Waals surface area contributed by atoms with Crippen molar-refractivity contribution in [2.75, 3.05) is 0 Å². The highest BCUT2D eigenvalue weighted by molar-refractivity contribution is 5.95. The van der Waals surface area contributed by atoms with Crippen LogP contribution in [-0.2, 0) is 11.3 Å². The van der Waals surface area contributed by atoms with Crippen molar-refractivity contribution in [2.24, 2.45) is 0 Å². The summed E-state index contributed by atoms with van der Waals surface area (Å²) in [6.07, 6.45) is 0.766. The molecular formula is C23H26N4O6. The van der Waals surface area contributed by atoms with Crippen LogP contribution in [0.4, 0.5) is 4.79 Å². The van der Waals surface area contributed by atoms with Crippen LogP contribution in [0.3, 0.4) is 0 Å². The second-order valence-corrected chi connectivity index (χ2v) is 8.62. The van der Waals surface area contributed by atoms with Gasteiger partial charge in [0.25, 0.3) is 11.5 Å². The van der Waals surface area contributed by atoms with Gasteiger partial charge in [0.2, 0.25) is 0 Å². The van der Waals surface area contributed by atoms with Crippen molar-refractivity contribution in [2.45, 2.75) is 52.8 Å². The molecule has 0 saturated carbocycles. The molecule has 0 aliphatic rings. The Labute approximate surface area is 189 Å². The topological polar surface area (TPSA) is 125 Å². The lowest BCUT2D eigenvalue weighted by molar-refractivity contribution is 0.0506. The van der Waals surface area contributed by atoms with Crippen LogP contribution in [0.25, 0.3) is 0 Å². The standard InChI is InChI=1S/C23H26N4O6/c1-14-12-26(22(31)27(19(14)28)20(29)16-9-7-6-8-10-16)13-17-11-18(25-33-17)15(2)24-21(30)32-23(3,4)5/h6-12,15H,13H2,1-5H3,(H,24,30)/t15-/m0/s1. The number of carbonyl (C=O) groups excluding carboxylic acids is 2. The molecule has 0 bridgehead atoms. The third-order valence-corrected chi connectivity index (χ3v) is 4.63. The number of rotatable bonds is 5. The zero-order valence-corrected chi connectivity index (χ0v) is 19.1. The molecule has 174 valence electrons. The molecule has 33 heavy (non-hydrogen) atoms. The molecule has 0 aliphatic carbocycles. The molecule has 0 unspecified atom stereocenters. The van der Waals surface area contributed by atoms with Crippen LogP contribution in [0.5, 0.6) is 0 Å². The SMILES string of the molecule is Cc1cn(Cc2cc([C@H](C)NC(=O)OC(C)(C)C)no2)c(=O)n(C(=O)c2ccccc2)c1=O. The first-order valence-electron chi connectivity index (χ1n) is 10.3. The first kappa shape index (κ1) is 23.7. The molecule has 1 N–H and O–H groups in total. The Morgan fingerprint density at radius 1 is 1.18 bits per heavy atom. The third kappa shape index (κ3) is 5.65. The van der Waals surface area contributed by atoms with E-state index < -0.39 is 34.9 Å². The Morgan fingerprint density at radius 2 is 1.85 bits per heavy atom. The van der Waals surface area contributed by atoms with Gasteiger partial charge in [0.05, 0.1) is 12.6 Å². The highest BCUT2D eigenvalue weighted by atomic mass is 16.6. The van der Waals surface area contributed by atoms with Crippen molar-refractivity contribution < 1.29 is 18.8 Å². The molecular weight excluding hydrogens is 428 g/mol. The van der Waals surface area contributed by atoms with E-state index in [1.54, 1.807) is 52.0 Å². The number of nitrogens with zero attached hydrogens (tertiary/aromatic N) is 3. The first-order chi connectivity index (χ1) is 15.5. The van der Waals surface area contributed by atoms with Crippen LogP contribution in [0.1, 0.15) is 61.1 Å². The van der Waals surface area contributed by atoms with Crippen molar-refractivity contribution in [3.63, 3.8) is 0 Å². The second-order valence-electron chi connectivity index (χ2n) is 8.62. The van der Waals surface area contributed by atoms with E-state index in [4.69, 9.17) is 9.26 Å². The lowest BCUT2D eigenvalue weighted by atomic mass is 10.2. The fraction of sp³-hybridized carbons (Fsp3) is 0.348. The van der Waals surface area contributed by atoms with Crippen LogP contribution < -0.4 is 16.6 Å². The van der Waals surface area contributed by atoms with Gasteiger partial charge in [0, 0.05) is 23.4 Å². The Morgan fingerprint density at radius 3 is 2.48 bits per heavy atom. The summed E-state index contributed by atoms with van der Waals surface area (Å²) in [6.45, 7) is 8.44. The molecule has 3 aromatic rings. The first-order valence-corrected chi connectivity index (χ1v) is 10.3. The highest BCUT2D eigenvalue weighted by Crippen LogP contribution is 2.15. The minimum atomic E-state index is -0.794. The van der Waals surface area contributed by atoms with Gasteiger partial charge in [0.1, 0.15) is 11.3 Å². The van der Waals surface area contributed by atoms with E-state index in [0.29, 0.717) is 16.0 Å². The van der Waals surface area contributed by atoms with E-state index in [0.717, 1.165) is 0 Å². The molecule has 0 spiro atoms. The van der Waals surface area contributed by atoms with Crippen molar-refractivity contribution in [1.29, 1.82) is 0 Å². The maximum Gasteiger partial charge on any atom is 0.408 e. The van der Waals surface area contributed by atoms with E-state index >= 15 is 0 Å². The van der Waals surface area contributed by atoms with Crippen LogP contribution >= 0.6 is 0 Å². The summed E-state index contributed by atoms with van der Waals surface area (Å²) in [4.78, 5) is 50.3. The number of aromatic nitrogens is 3. The summed E-state index contributed by atoms with van der Waals surface area (Å²) in [5.74, 6) is -0.404. The smallest absolute Gasteiger partial charge is 0.408 e. The fourth-order valence-electron chi connectivity index (χ4n) is 3.07. The van der Waals surface area contributed by atoms with Crippen LogP contribution in [0, 0.1) is 6.92 Å². The molecule has 10 nitrogen and oxygen atoms in total. The maximum absolute atomic E-state index is 12.9. The average Bonchev–Trinajstić information content (AvgIpc) is 3.20. The minimum Gasteiger partial charge on any atom is -0.444 e. The quantitative estimate of drug-likeness (QED) is 0.628. The van der Waals surface area contributed by atoms with Gasteiger partial charge in [-0.2, -0.15) is 4.57 Å². The van der Waals surface area contributed by atoms with Crippen molar-refractivity contribution >= 4 is 12.0 Å². The predicted molar refractivity (Wildman–Crippen MR) is 119 cm³/mol. The summed E-state index contributed by atoms with van der Waals surface area (Å²) < 4.78 is 12.3. The Bertz CT molecular complexity index is 1280. The molecule has 0 fully saturated rings. The van der Waals surface area contributed by atoms with Gasteiger partial charge in [-0.3, -0.25) is 14.2 Å². The maximum atomic E-state index is 12.9. The number of hydrogen-bond acceptors (Lipinski definition) is 7. The van der Waals surface area contributed by atoms with E-state index in [-0.39, 0.29) is 17.7 Å². The van der Waals surface area contributed by atoms with Gasteiger partial charge in [-0.15, -0.1) is 0 Å². The Balaban J connectivity index is 1.84. The van der Waals surface area contributed by atoms with Crippen LogP contribution in [-0.4, -0.2) is 31.9 Å². The molecule has 3 rings (SSSR count). The van der Waals surface area contributed by atoms with Crippen molar-refractivity contribution in [3.8, 4) is 0 Å². The number of benzene rings is 1. The van der Waals surface area contributed by atoms with Gasteiger partial charge in [-0.05, 0) is 46.8 Å². The fourth-order valence-corrected chi connectivity index (χ4v) is 3.07. The summed E-state index contributed by atoms with van der Waals surface area (Å²) in [5, 5.41) is 6.60. The molecule has 1 amide bonds. The molecule has 1 atom stereocenters. The summed E-state index contributed by atoms with van der Waals surface area (Å²) in [5.41, 5.74) is -1.25.